The molecule has 30 heavy (non-hydrogen) atoms. The molecule has 160 valence electrons. The first-order chi connectivity index (χ1) is 14.4. The number of hydrogen-bond donors (Lipinski definition) is 2. The van der Waals surface area contributed by atoms with Crippen molar-refractivity contribution in [1.29, 1.82) is 0 Å². The molecule has 0 radical (unpaired) electrons. The molecule has 1 aliphatic rings. The van der Waals surface area contributed by atoms with E-state index in [1.165, 1.54) is 12.5 Å². The predicted molar refractivity (Wildman–Crippen MR) is 104 cm³/mol. The van der Waals surface area contributed by atoms with Gasteiger partial charge in [-0.1, -0.05) is 0 Å². The average molecular weight is 419 g/mol. The smallest absolute Gasteiger partial charge is 0.257 e. The summed E-state index contributed by atoms with van der Waals surface area (Å²) in [6, 6.07) is 4.36. The minimum atomic E-state index is -0.928. The minimum absolute atomic E-state index is 0.00574. The summed E-state index contributed by atoms with van der Waals surface area (Å²) < 4.78 is 31.4. The molecule has 1 aliphatic heterocycles. The van der Waals surface area contributed by atoms with E-state index in [-0.39, 0.29) is 36.4 Å². The number of halogens is 2. The van der Waals surface area contributed by atoms with Gasteiger partial charge in [-0.25, -0.2) is 8.78 Å². The van der Waals surface area contributed by atoms with Crippen molar-refractivity contribution >= 4 is 17.7 Å². The number of piperidine rings is 1. The number of nitrogens with one attached hydrogen (secondary N) is 2. The van der Waals surface area contributed by atoms with Crippen LogP contribution in [0.15, 0.2) is 41.2 Å². The van der Waals surface area contributed by atoms with Crippen molar-refractivity contribution in [3.63, 3.8) is 0 Å². The fraction of sp³-hybridized carbons (Fsp3) is 0.381. The third kappa shape index (κ3) is 5.65. The Balaban J connectivity index is 1.32. The topological polar surface area (TPSA) is 91.7 Å². The summed E-state index contributed by atoms with van der Waals surface area (Å²) in [5.41, 5.74) is 0.276. The quantitative estimate of drug-likeness (QED) is 0.675. The molecule has 2 N–H and O–H groups in total. The van der Waals surface area contributed by atoms with Crippen LogP contribution < -0.4 is 10.6 Å². The maximum Gasteiger partial charge on any atom is 0.257 e. The Bertz CT molecular complexity index is 894. The Labute approximate surface area is 172 Å². The Morgan fingerprint density at radius 2 is 1.90 bits per heavy atom. The van der Waals surface area contributed by atoms with Crippen molar-refractivity contribution in [2.45, 2.75) is 31.7 Å². The van der Waals surface area contributed by atoms with E-state index in [0.29, 0.717) is 44.0 Å². The van der Waals surface area contributed by atoms with Gasteiger partial charge in [-0.2, -0.15) is 0 Å². The van der Waals surface area contributed by atoms with Gasteiger partial charge >= 0.3 is 0 Å². The van der Waals surface area contributed by atoms with Gasteiger partial charge in [-0.05, 0) is 37.5 Å². The number of carbonyl (C=O) groups is 3. The van der Waals surface area contributed by atoms with Crippen LogP contribution in [0.25, 0.3) is 0 Å². The predicted octanol–water partition coefficient (Wildman–Crippen LogP) is 2.49. The van der Waals surface area contributed by atoms with Gasteiger partial charge in [0.05, 0.1) is 17.4 Å². The van der Waals surface area contributed by atoms with E-state index in [0.717, 1.165) is 12.1 Å². The van der Waals surface area contributed by atoms with Gasteiger partial charge in [-0.15, -0.1) is 0 Å². The first-order valence-corrected chi connectivity index (χ1v) is 9.78. The molecule has 0 aliphatic carbocycles. The van der Waals surface area contributed by atoms with Crippen molar-refractivity contribution in [2.24, 2.45) is 0 Å². The number of nitrogens with zero attached hydrogens (tertiary/aromatic N) is 1. The average Bonchev–Trinajstić information content (AvgIpc) is 3.26. The zero-order chi connectivity index (χ0) is 21.5. The van der Waals surface area contributed by atoms with Crippen LogP contribution in [0.5, 0.6) is 0 Å². The van der Waals surface area contributed by atoms with Gasteiger partial charge < -0.3 is 20.0 Å². The van der Waals surface area contributed by atoms with Crippen LogP contribution >= 0.6 is 0 Å². The molecule has 0 spiro atoms. The second-order valence-corrected chi connectivity index (χ2v) is 7.13. The molecule has 1 saturated heterocycles. The van der Waals surface area contributed by atoms with Gasteiger partial charge in [0, 0.05) is 38.2 Å². The standard InChI is InChI=1S/C21H23F2N3O4/c22-15-3-4-17(18(23)12-15)20(28)24-8-1-2-19(27)25-16-5-9-26(10-6-16)21(29)14-7-11-30-13-14/h3-4,7,11-13,16H,1-2,5-6,8-10H2,(H,24,28)(H,25,27). The molecule has 1 aromatic carbocycles. The van der Waals surface area contributed by atoms with Crippen LogP contribution in [-0.4, -0.2) is 48.3 Å². The molecule has 2 heterocycles. The van der Waals surface area contributed by atoms with E-state index < -0.39 is 17.5 Å². The molecule has 0 saturated carbocycles. The van der Waals surface area contributed by atoms with Crippen molar-refractivity contribution in [1.82, 2.24) is 15.5 Å². The number of benzene rings is 1. The van der Waals surface area contributed by atoms with Gasteiger partial charge in [0.25, 0.3) is 11.8 Å². The lowest BCUT2D eigenvalue weighted by Crippen LogP contribution is -2.46. The van der Waals surface area contributed by atoms with Crippen LogP contribution in [0.1, 0.15) is 46.4 Å². The lowest BCUT2D eigenvalue weighted by atomic mass is 10.0. The van der Waals surface area contributed by atoms with Crippen molar-refractivity contribution in [2.75, 3.05) is 19.6 Å². The molecule has 9 heteroatoms. The molecule has 3 rings (SSSR count). The highest BCUT2D eigenvalue weighted by Gasteiger charge is 2.25. The monoisotopic (exact) mass is 419 g/mol. The lowest BCUT2D eigenvalue weighted by molar-refractivity contribution is -0.122. The van der Waals surface area contributed by atoms with E-state index in [1.807, 2.05) is 0 Å². The highest BCUT2D eigenvalue weighted by molar-refractivity contribution is 5.94. The van der Waals surface area contributed by atoms with E-state index in [2.05, 4.69) is 10.6 Å². The zero-order valence-electron chi connectivity index (χ0n) is 16.3. The summed E-state index contributed by atoms with van der Waals surface area (Å²) in [4.78, 5) is 38.0. The van der Waals surface area contributed by atoms with Crippen LogP contribution in [0.3, 0.4) is 0 Å². The normalized spacial score (nSPS) is 14.4. The molecule has 0 bridgehead atoms. The van der Waals surface area contributed by atoms with Crippen LogP contribution in [0.4, 0.5) is 8.78 Å². The Kier molecular flexibility index (Phi) is 7.16. The summed E-state index contributed by atoms with van der Waals surface area (Å²) in [6.07, 6.45) is 4.79. The molecule has 1 aromatic heterocycles. The molecule has 2 aromatic rings. The third-order valence-corrected chi connectivity index (χ3v) is 4.96. The molecule has 0 atom stereocenters. The SMILES string of the molecule is O=C(CCCNC(=O)c1ccc(F)cc1F)NC1CCN(C(=O)c2ccoc2)CC1. The Hall–Kier alpha value is -3.23. The fourth-order valence-corrected chi connectivity index (χ4v) is 3.32. The van der Waals surface area contributed by atoms with Crippen LogP contribution in [0, 0.1) is 11.6 Å². The highest BCUT2D eigenvalue weighted by atomic mass is 19.1. The van der Waals surface area contributed by atoms with Crippen molar-refractivity contribution in [3.8, 4) is 0 Å². The van der Waals surface area contributed by atoms with E-state index in [1.54, 1.807) is 11.0 Å². The first kappa shape index (κ1) is 21.5. The fourth-order valence-electron chi connectivity index (χ4n) is 3.32. The van der Waals surface area contributed by atoms with Crippen molar-refractivity contribution in [3.05, 3.63) is 59.6 Å². The van der Waals surface area contributed by atoms with E-state index >= 15 is 0 Å². The second kappa shape index (κ2) is 10.00. The summed E-state index contributed by atoms with van der Waals surface area (Å²) >= 11 is 0. The molecule has 7 nitrogen and oxygen atoms in total. The molecular weight excluding hydrogens is 396 g/mol. The summed E-state index contributed by atoms with van der Waals surface area (Å²) in [7, 11) is 0. The lowest BCUT2D eigenvalue weighted by Gasteiger charge is -2.32. The molecular formula is C21H23F2N3O4. The summed E-state index contributed by atoms with van der Waals surface area (Å²) in [6.45, 7) is 1.29. The maximum absolute atomic E-state index is 13.6. The molecule has 1 fully saturated rings. The van der Waals surface area contributed by atoms with Gasteiger partial charge in [0.2, 0.25) is 5.91 Å². The third-order valence-electron chi connectivity index (χ3n) is 4.96. The minimum Gasteiger partial charge on any atom is -0.472 e. The number of hydrogen-bond acceptors (Lipinski definition) is 4. The summed E-state index contributed by atoms with van der Waals surface area (Å²) in [5, 5.41) is 5.46. The number of carbonyl (C=O) groups excluding carboxylic acids is 3. The first-order valence-electron chi connectivity index (χ1n) is 9.78. The second-order valence-electron chi connectivity index (χ2n) is 7.13. The zero-order valence-corrected chi connectivity index (χ0v) is 16.3. The Morgan fingerprint density at radius 1 is 1.13 bits per heavy atom. The van der Waals surface area contributed by atoms with Crippen molar-refractivity contribution < 1.29 is 27.6 Å². The largest absolute Gasteiger partial charge is 0.472 e. The van der Waals surface area contributed by atoms with E-state index in [9.17, 15) is 23.2 Å². The van der Waals surface area contributed by atoms with Crippen LogP contribution in [-0.2, 0) is 4.79 Å². The van der Waals surface area contributed by atoms with E-state index in [4.69, 9.17) is 4.42 Å². The Morgan fingerprint density at radius 3 is 2.57 bits per heavy atom. The van der Waals surface area contributed by atoms with Gasteiger partial charge in [-0.3, -0.25) is 14.4 Å². The number of furan rings is 1. The van der Waals surface area contributed by atoms with Gasteiger partial charge in [0.1, 0.15) is 17.9 Å². The number of rotatable bonds is 7. The molecule has 0 unspecified atom stereocenters. The number of amides is 3. The maximum atomic E-state index is 13.6. The molecule has 3 amide bonds. The highest BCUT2D eigenvalue weighted by Crippen LogP contribution is 2.15. The number of likely N-dealkylation sites (tertiary alicyclic amines) is 1. The van der Waals surface area contributed by atoms with Crippen LogP contribution in [0.2, 0.25) is 0 Å². The van der Waals surface area contributed by atoms with Gasteiger partial charge in [0.15, 0.2) is 0 Å². The summed E-state index contributed by atoms with van der Waals surface area (Å²) in [5.74, 6) is -2.55.